The van der Waals surface area contributed by atoms with Crippen molar-refractivity contribution in [3.8, 4) is 5.75 Å². The Balaban J connectivity index is 1.95. The zero-order chi connectivity index (χ0) is 22.1. The van der Waals surface area contributed by atoms with Gasteiger partial charge in [-0.15, -0.1) is 0 Å². The standard InChI is InChI=1S/C19H23N3O6S2/c1-14-13-29(24,25)22(19(14)23)16-4-5-17(28-3)18(12-16)30(26,27)21(2)11-8-15-6-9-20-10-7-15/h4-7,9-10,12,14H,8,11,13H2,1-3H3/t14-/m1/s1. The average Bonchev–Trinajstić information content (AvgIpc) is 2.92. The Bertz CT molecular complexity index is 1150. The highest BCUT2D eigenvalue weighted by molar-refractivity contribution is 7.94. The second-order valence-corrected chi connectivity index (χ2v) is 10.9. The van der Waals surface area contributed by atoms with Crippen molar-refractivity contribution in [2.45, 2.75) is 18.2 Å². The molecular weight excluding hydrogens is 430 g/mol. The highest BCUT2D eigenvalue weighted by Gasteiger charge is 2.42. The number of pyridine rings is 1. The SMILES string of the molecule is COc1ccc(N2C(=O)[C@H](C)CS2(=O)=O)cc1S(=O)(=O)N(C)CCc1ccncc1. The van der Waals surface area contributed by atoms with Gasteiger partial charge in [0.2, 0.25) is 26.0 Å². The van der Waals surface area contributed by atoms with Gasteiger partial charge >= 0.3 is 0 Å². The van der Waals surface area contributed by atoms with Crippen LogP contribution in [-0.2, 0) is 31.3 Å². The van der Waals surface area contributed by atoms with Gasteiger partial charge < -0.3 is 4.74 Å². The number of rotatable bonds is 7. The molecule has 0 bridgehead atoms. The number of benzene rings is 1. The Morgan fingerprint density at radius 3 is 2.47 bits per heavy atom. The number of sulfonamides is 2. The fraction of sp³-hybridized carbons (Fsp3) is 0.368. The maximum atomic E-state index is 13.2. The molecule has 11 heteroatoms. The third-order valence-corrected chi connectivity index (χ3v) is 8.64. The van der Waals surface area contributed by atoms with E-state index in [1.807, 2.05) is 0 Å². The van der Waals surface area contributed by atoms with Crippen LogP contribution in [0.25, 0.3) is 0 Å². The van der Waals surface area contributed by atoms with E-state index >= 15 is 0 Å². The summed E-state index contributed by atoms with van der Waals surface area (Å²) in [5.74, 6) is -1.53. The second-order valence-electron chi connectivity index (χ2n) is 7.05. The number of carbonyl (C=O) groups excluding carboxylic acids is 1. The minimum Gasteiger partial charge on any atom is -0.495 e. The predicted octanol–water partition coefficient (Wildman–Crippen LogP) is 1.27. The van der Waals surface area contributed by atoms with Crippen molar-refractivity contribution >= 4 is 31.6 Å². The van der Waals surface area contributed by atoms with E-state index in [9.17, 15) is 21.6 Å². The van der Waals surface area contributed by atoms with Crippen LogP contribution in [0.15, 0.2) is 47.6 Å². The quantitative estimate of drug-likeness (QED) is 0.620. The van der Waals surface area contributed by atoms with Crippen molar-refractivity contribution in [1.82, 2.24) is 9.29 Å². The summed E-state index contributed by atoms with van der Waals surface area (Å²) < 4.78 is 58.2. The number of ether oxygens (including phenoxy) is 1. The van der Waals surface area contributed by atoms with E-state index < -0.39 is 31.9 Å². The van der Waals surface area contributed by atoms with Crippen LogP contribution >= 0.6 is 0 Å². The Morgan fingerprint density at radius 2 is 1.90 bits per heavy atom. The molecule has 1 aromatic carbocycles. The summed E-state index contributed by atoms with van der Waals surface area (Å²) in [5, 5.41) is 0. The minimum absolute atomic E-state index is 0.0220. The number of aromatic nitrogens is 1. The molecule has 0 aliphatic carbocycles. The van der Waals surface area contributed by atoms with E-state index in [0.29, 0.717) is 10.7 Å². The molecule has 1 fully saturated rings. The molecule has 1 amide bonds. The van der Waals surface area contributed by atoms with E-state index in [-0.39, 0.29) is 28.6 Å². The molecule has 1 aliphatic heterocycles. The van der Waals surface area contributed by atoms with Crippen LogP contribution in [0.3, 0.4) is 0 Å². The van der Waals surface area contributed by atoms with Crippen LogP contribution in [0.1, 0.15) is 12.5 Å². The van der Waals surface area contributed by atoms with Crippen molar-refractivity contribution < 1.29 is 26.4 Å². The van der Waals surface area contributed by atoms with Gasteiger partial charge in [0.25, 0.3) is 0 Å². The maximum absolute atomic E-state index is 13.2. The summed E-state index contributed by atoms with van der Waals surface area (Å²) in [7, 11) is -5.11. The topological polar surface area (TPSA) is 114 Å². The lowest BCUT2D eigenvalue weighted by Crippen LogP contribution is -2.32. The van der Waals surface area contributed by atoms with Crippen molar-refractivity contribution in [2.24, 2.45) is 5.92 Å². The fourth-order valence-corrected chi connectivity index (χ4v) is 6.36. The van der Waals surface area contributed by atoms with E-state index in [2.05, 4.69) is 4.98 Å². The molecule has 30 heavy (non-hydrogen) atoms. The number of likely N-dealkylation sites (N-methyl/N-ethyl adjacent to an activating group) is 1. The lowest BCUT2D eigenvalue weighted by Gasteiger charge is -2.21. The van der Waals surface area contributed by atoms with Crippen molar-refractivity contribution in [1.29, 1.82) is 0 Å². The smallest absolute Gasteiger partial charge is 0.246 e. The molecule has 1 saturated heterocycles. The average molecular weight is 454 g/mol. The first-order valence-electron chi connectivity index (χ1n) is 9.18. The van der Waals surface area contributed by atoms with Gasteiger partial charge in [-0.1, -0.05) is 6.92 Å². The largest absolute Gasteiger partial charge is 0.495 e. The van der Waals surface area contributed by atoms with Crippen LogP contribution in [0.2, 0.25) is 0 Å². The summed E-state index contributed by atoms with van der Waals surface area (Å²) >= 11 is 0. The molecule has 0 N–H and O–H groups in total. The first kappa shape index (κ1) is 22.2. The molecule has 2 aromatic rings. The van der Waals surface area contributed by atoms with Gasteiger partial charge in [-0.25, -0.2) is 25.4 Å². The Labute approximate surface area is 176 Å². The van der Waals surface area contributed by atoms with Crippen LogP contribution in [0, 0.1) is 5.92 Å². The van der Waals surface area contributed by atoms with Gasteiger partial charge in [-0.05, 0) is 42.3 Å². The van der Waals surface area contributed by atoms with Gasteiger partial charge in [0.05, 0.1) is 24.5 Å². The van der Waals surface area contributed by atoms with Gasteiger partial charge in [0, 0.05) is 26.0 Å². The van der Waals surface area contributed by atoms with Crippen LogP contribution in [0.5, 0.6) is 5.75 Å². The van der Waals surface area contributed by atoms with Gasteiger partial charge in [0.1, 0.15) is 10.6 Å². The number of nitrogens with zero attached hydrogens (tertiary/aromatic N) is 3. The number of carbonyl (C=O) groups is 1. The Kier molecular flexibility index (Phi) is 6.16. The van der Waals surface area contributed by atoms with E-state index in [1.165, 1.54) is 39.3 Å². The number of hydrogen-bond acceptors (Lipinski definition) is 7. The van der Waals surface area contributed by atoms with Gasteiger partial charge in [-0.2, -0.15) is 0 Å². The Morgan fingerprint density at radius 1 is 1.23 bits per heavy atom. The predicted molar refractivity (Wildman–Crippen MR) is 111 cm³/mol. The lowest BCUT2D eigenvalue weighted by molar-refractivity contribution is -0.119. The van der Waals surface area contributed by atoms with Crippen molar-refractivity contribution in [3.63, 3.8) is 0 Å². The molecule has 162 valence electrons. The number of anilines is 1. The molecule has 0 spiro atoms. The summed E-state index contributed by atoms with van der Waals surface area (Å²) in [4.78, 5) is 16.1. The van der Waals surface area contributed by atoms with E-state index in [4.69, 9.17) is 4.74 Å². The zero-order valence-electron chi connectivity index (χ0n) is 16.8. The zero-order valence-corrected chi connectivity index (χ0v) is 18.5. The highest BCUT2D eigenvalue weighted by atomic mass is 32.2. The van der Waals surface area contributed by atoms with E-state index in [0.717, 1.165) is 9.87 Å². The van der Waals surface area contributed by atoms with Crippen molar-refractivity contribution in [3.05, 3.63) is 48.3 Å². The first-order chi connectivity index (χ1) is 14.1. The molecule has 3 rings (SSSR count). The van der Waals surface area contributed by atoms with Crippen molar-refractivity contribution in [2.75, 3.05) is 30.8 Å². The highest BCUT2D eigenvalue weighted by Crippen LogP contribution is 2.34. The lowest BCUT2D eigenvalue weighted by atomic mass is 10.2. The van der Waals surface area contributed by atoms with Gasteiger partial charge in [-0.3, -0.25) is 9.78 Å². The molecule has 2 heterocycles. The monoisotopic (exact) mass is 453 g/mol. The van der Waals surface area contributed by atoms with Crippen LogP contribution in [0.4, 0.5) is 5.69 Å². The molecule has 1 aliphatic rings. The van der Waals surface area contributed by atoms with Crippen LogP contribution in [-0.4, -0.2) is 58.5 Å². The molecular formula is C19H23N3O6S2. The number of hydrogen-bond donors (Lipinski definition) is 0. The molecule has 0 saturated carbocycles. The summed E-state index contributed by atoms with van der Waals surface area (Å²) in [6, 6.07) is 7.48. The Hall–Kier alpha value is -2.50. The summed E-state index contributed by atoms with van der Waals surface area (Å²) in [6.07, 6.45) is 3.73. The number of methoxy groups -OCH3 is 1. The third-order valence-electron chi connectivity index (χ3n) is 4.90. The van der Waals surface area contributed by atoms with E-state index in [1.54, 1.807) is 24.5 Å². The molecule has 0 radical (unpaired) electrons. The second kappa shape index (κ2) is 8.32. The molecule has 1 atom stereocenters. The maximum Gasteiger partial charge on any atom is 0.246 e. The van der Waals surface area contributed by atoms with Gasteiger partial charge in [0.15, 0.2) is 0 Å². The molecule has 1 aromatic heterocycles. The summed E-state index contributed by atoms with van der Waals surface area (Å²) in [6.45, 7) is 1.71. The molecule has 0 unspecified atom stereocenters. The summed E-state index contributed by atoms with van der Waals surface area (Å²) in [5.41, 5.74) is 0.904. The number of amides is 1. The minimum atomic E-state index is -4.01. The third kappa shape index (κ3) is 4.18. The fourth-order valence-electron chi connectivity index (χ4n) is 3.20. The van der Waals surface area contributed by atoms with Crippen LogP contribution < -0.4 is 9.04 Å². The molecule has 9 nitrogen and oxygen atoms in total. The normalized spacial score (nSPS) is 18.7. The first-order valence-corrected chi connectivity index (χ1v) is 12.2.